The Balaban J connectivity index is 2.18. The van der Waals surface area contributed by atoms with E-state index < -0.39 is 0 Å². The van der Waals surface area contributed by atoms with Crippen molar-refractivity contribution in [1.29, 1.82) is 0 Å². The topological polar surface area (TPSA) is 84.7 Å². The van der Waals surface area contributed by atoms with E-state index in [1.807, 2.05) is 6.92 Å². The lowest BCUT2D eigenvalue weighted by atomic mass is 10.2. The highest BCUT2D eigenvalue weighted by Crippen LogP contribution is 2.11. The molecule has 2 N–H and O–H groups in total. The van der Waals surface area contributed by atoms with Gasteiger partial charge < -0.3 is 10.5 Å². The van der Waals surface area contributed by atoms with E-state index >= 15 is 0 Å². The van der Waals surface area contributed by atoms with Crippen LogP contribution in [0.4, 0.5) is 0 Å². The lowest BCUT2D eigenvalue weighted by molar-refractivity contribution is 0.296. The molecule has 6 nitrogen and oxygen atoms in total. The number of rotatable bonds is 2. The van der Waals surface area contributed by atoms with Crippen LogP contribution in [0.1, 0.15) is 13.3 Å². The molecule has 0 spiro atoms. The van der Waals surface area contributed by atoms with Crippen molar-refractivity contribution in [2.75, 3.05) is 6.61 Å². The van der Waals surface area contributed by atoms with Crippen molar-refractivity contribution in [3.8, 4) is 0 Å². The predicted octanol–water partition coefficient (Wildman–Crippen LogP) is -0.0512. The van der Waals surface area contributed by atoms with Gasteiger partial charge in [0.2, 0.25) is 11.9 Å². The SMILES string of the molecule is CCCOC1=NC(N)=NC2=NC=NC21. The molecule has 0 radical (unpaired) electrons. The second-order valence-corrected chi connectivity index (χ2v) is 2.92. The molecule has 2 aliphatic heterocycles. The number of fused-ring (bicyclic) bond motifs is 1. The molecular weight excluding hydrogens is 182 g/mol. The van der Waals surface area contributed by atoms with Crippen LogP contribution in [-0.4, -0.2) is 36.7 Å². The molecule has 0 bridgehead atoms. The van der Waals surface area contributed by atoms with E-state index in [1.165, 1.54) is 6.34 Å². The number of hydrogen-bond donors (Lipinski definition) is 1. The number of nitrogens with two attached hydrogens (primary N) is 1. The minimum Gasteiger partial charge on any atom is -0.479 e. The second kappa shape index (κ2) is 3.57. The fourth-order valence-electron chi connectivity index (χ4n) is 1.19. The Bertz CT molecular complexity index is 355. The van der Waals surface area contributed by atoms with Crippen molar-refractivity contribution < 1.29 is 4.74 Å². The molecule has 0 aromatic rings. The van der Waals surface area contributed by atoms with Gasteiger partial charge in [-0.05, 0) is 6.42 Å². The van der Waals surface area contributed by atoms with Crippen LogP contribution < -0.4 is 5.73 Å². The van der Waals surface area contributed by atoms with Gasteiger partial charge in [0.05, 0.1) is 6.61 Å². The summed E-state index contributed by atoms with van der Waals surface area (Å²) in [7, 11) is 0. The van der Waals surface area contributed by atoms with E-state index in [-0.39, 0.29) is 12.0 Å². The smallest absolute Gasteiger partial charge is 0.224 e. The summed E-state index contributed by atoms with van der Waals surface area (Å²) in [6, 6.07) is -0.283. The summed E-state index contributed by atoms with van der Waals surface area (Å²) in [6.07, 6.45) is 2.37. The molecule has 0 aromatic heterocycles. The monoisotopic (exact) mass is 193 g/mol. The van der Waals surface area contributed by atoms with Crippen molar-refractivity contribution in [3.63, 3.8) is 0 Å². The summed E-state index contributed by atoms with van der Waals surface area (Å²) in [5.41, 5.74) is 5.50. The molecule has 2 rings (SSSR count). The first-order chi connectivity index (χ1) is 6.81. The Labute approximate surface area is 81.3 Å². The maximum Gasteiger partial charge on any atom is 0.224 e. The Kier molecular flexibility index (Phi) is 2.26. The lowest BCUT2D eigenvalue weighted by Crippen LogP contribution is -2.34. The van der Waals surface area contributed by atoms with E-state index in [2.05, 4.69) is 20.0 Å². The van der Waals surface area contributed by atoms with Crippen LogP contribution in [0.5, 0.6) is 0 Å². The van der Waals surface area contributed by atoms with Crippen molar-refractivity contribution in [1.82, 2.24) is 0 Å². The molecule has 0 fully saturated rings. The van der Waals surface area contributed by atoms with Crippen LogP contribution >= 0.6 is 0 Å². The number of guanidine groups is 1. The largest absolute Gasteiger partial charge is 0.479 e. The maximum atomic E-state index is 5.50. The van der Waals surface area contributed by atoms with Crippen LogP contribution in [0.2, 0.25) is 0 Å². The molecule has 0 amide bonds. The minimum atomic E-state index is -0.283. The number of aliphatic imine (C=N–C) groups is 4. The summed E-state index contributed by atoms with van der Waals surface area (Å²) in [5, 5.41) is 0. The standard InChI is InChI=1S/C8H11N5O/c1-2-3-14-7-5-6(11-4-10-5)12-8(9)13-7/h4-5H,2-3H2,1H3,(H2,9,10,11,12). The van der Waals surface area contributed by atoms with Gasteiger partial charge in [0.25, 0.3) is 0 Å². The van der Waals surface area contributed by atoms with Gasteiger partial charge in [-0.1, -0.05) is 6.92 Å². The van der Waals surface area contributed by atoms with Crippen molar-refractivity contribution in [2.24, 2.45) is 25.7 Å². The summed E-state index contributed by atoms with van der Waals surface area (Å²) in [6.45, 7) is 2.62. The highest BCUT2D eigenvalue weighted by Gasteiger charge is 2.29. The molecule has 6 heteroatoms. The van der Waals surface area contributed by atoms with E-state index in [1.54, 1.807) is 0 Å². The molecule has 0 saturated heterocycles. The van der Waals surface area contributed by atoms with Gasteiger partial charge in [0, 0.05) is 0 Å². The average molecular weight is 193 g/mol. The Morgan fingerprint density at radius 2 is 2.36 bits per heavy atom. The lowest BCUT2D eigenvalue weighted by Gasteiger charge is -2.15. The Morgan fingerprint density at radius 1 is 1.50 bits per heavy atom. The van der Waals surface area contributed by atoms with Crippen LogP contribution in [-0.2, 0) is 4.74 Å². The normalized spacial score (nSPS) is 23.8. The minimum absolute atomic E-state index is 0.177. The summed E-state index contributed by atoms with van der Waals surface area (Å²) >= 11 is 0. The third kappa shape index (κ3) is 1.50. The number of hydrogen-bond acceptors (Lipinski definition) is 6. The quantitative estimate of drug-likeness (QED) is 0.666. The van der Waals surface area contributed by atoms with Crippen LogP contribution in [0.3, 0.4) is 0 Å². The van der Waals surface area contributed by atoms with Gasteiger partial charge >= 0.3 is 0 Å². The van der Waals surface area contributed by atoms with Crippen LogP contribution in [0.15, 0.2) is 20.0 Å². The highest BCUT2D eigenvalue weighted by molar-refractivity contribution is 6.20. The summed E-state index contributed by atoms with van der Waals surface area (Å²) in [5.74, 6) is 1.23. The van der Waals surface area contributed by atoms with Gasteiger partial charge in [0.15, 0.2) is 11.9 Å². The predicted molar refractivity (Wildman–Crippen MR) is 55.0 cm³/mol. The number of nitrogens with zero attached hydrogens (tertiary/aromatic N) is 4. The third-order valence-corrected chi connectivity index (χ3v) is 1.79. The zero-order chi connectivity index (χ0) is 9.97. The van der Waals surface area contributed by atoms with Crippen molar-refractivity contribution >= 4 is 24.0 Å². The van der Waals surface area contributed by atoms with Gasteiger partial charge in [0.1, 0.15) is 6.34 Å². The zero-order valence-electron chi connectivity index (χ0n) is 7.84. The zero-order valence-corrected chi connectivity index (χ0v) is 7.84. The first-order valence-electron chi connectivity index (χ1n) is 4.46. The Morgan fingerprint density at radius 3 is 3.14 bits per heavy atom. The Hall–Kier alpha value is -1.72. The molecule has 1 unspecified atom stereocenters. The van der Waals surface area contributed by atoms with Gasteiger partial charge in [-0.25, -0.2) is 4.99 Å². The van der Waals surface area contributed by atoms with E-state index in [0.717, 1.165) is 6.42 Å². The van der Waals surface area contributed by atoms with Crippen LogP contribution in [0.25, 0.3) is 0 Å². The first kappa shape index (κ1) is 8.86. The first-order valence-corrected chi connectivity index (χ1v) is 4.46. The average Bonchev–Trinajstić information content (AvgIpc) is 2.61. The molecule has 2 heterocycles. The number of ether oxygens (including phenoxy) is 1. The molecular formula is C8H11N5O. The third-order valence-electron chi connectivity index (χ3n) is 1.79. The van der Waals surface area contributed by atoms with Gasteiger partial charge in [-0.15, -0.1) is 0 Å². The molecule has 0 aliphatic carbocycles. The summed E-state index contributed by atoms with van der Waals surface area (Å²) < 4.78 is 5.41. The van der Waals surface area contributed by atoms with Crippen molar-refractivity contribution in [2.45, 2.75) is 19.4 Å². The number of amidine groups is 1. The van der Waals surface area contributed by atoms with E-state index in [4.69, 9.17) is 10.5 Å². The molecule has 0 aromatic carbocycles. The maximum absolute atomic E-state index is 5.50. The van der Waals surface area contributed by atoms with Crippen LogP contribution in [0, 0.1) is 0 Å². The second-order valence-electron chi connectivity index (χ2n) is 2.92. The van der Waals surface area contributed by atoms with E-state index in [9.17, 15) is 0 Å². The molecule has 74 valence electrons. The van der Waals surface area contributed by atoms with Crippen molar-refractivity contribution in [3.05, 3.63) is 0 Å². The van der Waals surface area contributed by atoms with Gasteiger partial charge in [-0.2, -0.15) is 9.98 Å². The summed E-state index contributed by atoms with van der Waals surface area (Å²) in [4.78, 5) is 16.0. The van der Waals surface area contributed by atoms with Gasteiger partial charge in [-0.3, -0.25) is 4.99 Å². The molecule has 2 aliphatic rings. The fourth-order valence-corrected chi connectivity index (χ4v) is 1.19. The highest BCUT2D eigenvalue weighted by atomic mass is 16.5. The molecule has 1 atom stereocenters. The fraction of sp³-hybridized carbons (Fsp3) is 0.500. The van der Waals surface area contributed by atoms with E-state index in [0.29, 0.717) is 18.3 Å². The molecule has 0 saturated carbocycles. The molecule has 14 heavy (non-hydrogen) atoms.